The number of hydrogen-bond donors (Lipinski definition) is 1. The van der Waals surface area contributed by atoms with Gasteiger partial charge in [-0.1, -0.05) is 20.8 Å². The average Bonchev–Trinajstić information content (AvgIpc) is 2.87. The maximum absolute atomic E-state index is 5.65. The van der Waals surface area contributed by atoms with Crippen molar-refractivity contribution in [2.45, 2.75) is 39.8 Å². The van der Waals surface area contributed by atoms with Crippen LogP contribution in [0.5, 0.6) is 0 Å². The highest BCUT2D eigenvalue weighted by atomic mass is 16.5. The lowest BCUT2D eigenvalue weighted by Crippen LogP contribution is -2.42. The number of oxazole rings is 1. The van der Waals surface area contributed by atoms with E-state index >= 15 is 0 Å². The summed E-state index contributed by atoms with van der Waals surface area (Å²) in [4.78, 5) is 6.71. The second kappa shape index (κ2) is 6.91. The fourth-order valence-corrected chi connectivity index (χ4v) is 2.15. The van der Waals surface area contributed by atoms with Gasteiger partial charge in [-0.2, -0.15) is 4.98 Å². The molecule has 0 amide bonds. The van der Waals surface area contributed by atoms with Gasteiger partial charge in [0.2, 0.25) is 0 Å². The molecule has 0 radical (unpaired) electrons. The number of nitrogens with zero attached hydrogens (tertiary/aromatic N) is 2. The molecule has 1 aliphatic heterocycles. The van der Waals surface area contributed by atoms with Gasteiger partial charge in [-0.05, 0) is 18.9 Å². The van der Waals surface area contributed by atoms with E-state index in [2.05, 4.69) is 36.0 Å². The highest BCUT2D eigenvalue weighted by Crippen LogP contribution is 2.18. The molecule has 5 nitrogen and oxygen atoms in total. The van der Waals surface area contributed by atoms with Crippen LogP contribution in [-0.4, -0.2) is 37.3 Å². The van der Waals surface area contributed by atoms with Gasteiger partial charge in [0.25, 0.3) is 6.01 Å². The third kappa shape index (κ3) is 4.21. The summed E-state index contributed by atoms with van der Waals surface area (Å²) in [7, 11) is 0. The third-order valence-electron chi connectivity index (χ3n) is 3.26. The summed E-state index contributed by atoms with van der Waals surface area (Å²) in [5.74, 6) is 0.649. The second-order valence-corrected chi connectivity index (χ2v) is 5.49. The van der Waals surface area contributed by atoms with Crippen LogP contribution in [0.3, 0.4) is 0 Å². The summed E-state index contributed by atoms with van der Waals surface area (Å²) in [5, 5.41) is 3.37. The zero-order chi connectivity index (χ0) is 13.7. The molecule has 0 spiro atoms. The molecule has 1 aliphatic rings. The van der Waals surface area contributed by atoms with Crippen LogP contribution in [-0.2, 0) is 11.3 Å². The van der Waals surface area contributed by atoms with Crippen LogP contribution in [0, 0.1) is 5.92 Å². The molecule has 1 atom stereocenters. The first kappa shape index (κ1) is 14.3. The predicted molar refractivity (Wildman–Crippen MR) is 75.3 cm³/mol. The summed E-state index contributed by atoms with van der Waals surface area (Å²) in [5.41, 5.74) is 0.968. The third-order valence-corrected chi connectivity index (χ3v) is 3.26. The van der Waals surface area contributed by atoms with Gasteiger partial charge in [-0.3, -0.25) is 0 Å². The minimum absolute atomic E-state index is 0.295. The molecule has 1 aromatic rings. The molecule has 1 unspecified atom stereocenters. The number of ether oxygens (including phenoxy) is 1. The van der Waals surface area contributed by atoms with E-state index in [1.807, 2.05) is 0 Å². The minimum atomic E-state index is 0.295. The van der Waals surface area contributed by atoms with Gasteiger partial charge in [0.05, 0.1) is 18.4 Å². The molecule has 19 heavy (non-hydrogen) atoms. The van der Waals surface area contributed by atoms with E-state index in [1.165, 1.54) is 0 Å². The monoisotopic (exact) mass is 267 g/mol. The van der Waals surface area contributed by atoms with Crippen molar-refractivity contribution in [3.05, 3.63) is 12.0 Å². The summed E-state index contributed by atoms with van der Waals surface area (Å²) in [6.45, 7) is 10.8. The summed E-state index contributed by atoms with van der Waals surface area (Å²) in [6.07, 6.45) is 3.07. The van der Waals surface area contributed by atoms with Crippen molar-refractivity contribution >= 4 is 6.01 Å². The predicted octanol–water partition coefficient (Wildman–Crippen LogP) is 2.04. The van der Waals surface area contributed by atoms with E-state index in [0.29, 0.717) is 12.0 Å². The molecule has 2 rings (SSSR count). The molecular formula is C14H25N3O2. The maximum Gasteiger partial charge on any atom is 0.297 e. The quantitative estimate of drug-likeness (QED) is 0.854. The Morgan fingerprint density at radius 3 is 3.11 bits per heavy atom. The summed E-state index contributed by atoms with van der Waals surface area (Å²) in [6, 6.07) is 0.725. The lowest BCUT2D eigenvalue weighted by Gasteiger charge is -2.31. The molecule has 0 saturated carbocycles. The first-order chi connectivity index (χ1) is 9.19. The standard InChI is InChI=1S/C14H25N3O2/c1-4-13-9-17(5-6-18-13)14-16-12(10-19-14)8-15-7-11(2)3/h10-11,13,15H,4-9H2,1-3H3. The number of aromatic nitrogens is 1. The van der Waals surface area contributed by atoms with E-state index in [0.717, 1.165) is 50.9 Å². The van der Waals surface area contributed by atoms with E-state index < -0.39 is 0 Å². The topological polar surface area (TPSA) is 50.5 Å². The molecule has 0 aromatic carbocycles. The fourth-order valence-electron chi connectivity index (χ4n) is 2.15. The van der Waals surface area contributed by atoms with E-state index in [4.69, 9.17) is 9.15 Å². The Morgan fingerprint density at radius 1 is 1.53 bits per heavy atom. The molecule has 1 fully saturated rings. The van der Waals surface area contributed by atoms with E-state index in [9.17, 15) is 0 Å². The fraction of sp³-hybridized carbons (Fsp3) is 0.786. The number of anilines is 1. The molecule has 2 heterocycles. The Bertz CT molecular complexity index is 379. The molecule has 0 aliphatic carbocycles. The van der Waals surface area contributed by atoms with Crippen LogP contribution < -0.4 is 10.2 Å². The lowest BCUT2D eigenvalue weighted by molar-refractivity contribution is 0.0367. The van der Waals surface area contributed by atoms with Gasteiger partial charge in [0.1, 0.15) is 6.26 Å². The highest BCUT2D eigenvalue weighted by molar-refractivity contribution is 5.28. The zero-order valence-electron chi connectivity index (χ0n) is 12.2. The molecule has 1 aromatic heterocycles. The maximum atomic E-state index is 5.65. The highest BCUT2D eigenvalue weighted by Gasteiger charge is 2.22. The first-order valence-corrected chi connectivity index (χ1v) is 7.20. The molecular weight excluding hydrogens is 242 g/mol. The van der Waals surface area contributed by atoms with Crippen molar-refractivity contribution in [2.24, 2.45) is 5.92 Å². The minimum Gasteiger partial charge on any atom is -0.432 e. The number of rotatable bonds is 6. The largest absolute Gasteiger partial charge is 0.432 e. The van der Waals surface area contributed by atoms with Crippen molar-refractivity contribution in [1.29, 1.82) is 0 Å². The van der Waals surface area contributed by atoms with Crippen LogP contribution in [0.4, 0.5) is 6.01 Å². The summed E-state index contributed by atoms with van der Waals surface area (Å²) >= 11 is 0. The first-order valence-electron chi connectivity index (χ1n) is 7.20. The Hall–Kier alpha value is -1.07. The van der Waals surface area contributed by atoms with Crippen molar-refractivity contribution in [2.75, 3.05) is 31.1 Å². The smallest absolute Gasteiger partial charge is 0.297 e. The molecule has 0 bridgehead atoms. The van der Waals surface area contributed by atoms with Gasteiger partial charge in [-0.15, -0.1) is 0 Å². The van der Waals surface area contributed by atoms with Crippen molar-refractivity contribution < 1.29 is 9.15 Å². The van der Waals surface area contributed by atoms with Gasteiger partial charge in [0.15, 0.2) is 0 Å². The Morgan fingerprint density at radius 2 is 2.37 bits per heavy atom. The average molecular weight is 267 g/mol. The Kier molecular flexibility index (Phi) is 5.22. The number of hydrogen-bond acceptors (Lipinski definition) is 5. The normalized spacial score (nSPS) is 20.2. The van der Waals surface area contributed by atoms with Crippen LogP contribution in [0.1, 0.15) is 32.9 Å². The second-order valence-electron chi connectivity index (χ2n) is 5.49. The number of morpholine rings is 1. The van der Waals surface area contributed by atoms with Gasteiger partial charge in [-0.25, -0.2) is 0 Å². The van der Waals surface area contributed by atoms with Gasteiger partial charge >= 0.3 is 0 Å². The van der Waals surface area contributed by atoms with Crippen molar-refractivity contribution in [3.63, 3.8) is 0 Å². The van der Waals surface area contributed by atoms with Crippen LogP contribution in [0.15, 0.2) is 10.7 Å². The van der Waals surface area contributed by atoms with Crippen LogP contribution in [0.2, 0.25) is 0 Å². The van der Waals surface area contributed by atoms with Crippen LogP contribution >= 0.6 is 0 Å². The molecule has 1 saturated heterocycles. The van der Waals surface area contributed by atoms with Gasteiger partial charge < -0.3 is 19.4 Å². The Balaban J connectivity index is 1.85. The Labute approximate surface area is 115 Å². The molecule has 108 valence electrons. The SMILES string of the molecule is CCC1CN(c2nc(CNCC(C)C)co2)CCO1. The molecule has 5 heteroatoms. The number of nitrogens with one attached hydrogen (secondary N) is 1. The lowest BCUT2D eigenvalue weighted by atomic mass is 10.2. The van der Waals surface area contributed by atoms with E-state index in [1.54, 1.807) is 6.26 Å². The van der Waals surface area contributed by atoms with Crippen molar-refractivity contribution in [1.82, 2.24) is 10.3 Å². The van der Waals surface area contributed by atoms with Gasteiger partial charge in [0, 0.05) is 19.6 Å². The zero-order valence-corrected chi connectivity index (χ0v) is 12.2. The van der Waals surface area contributed by atoms with Crippen LogP contribution in [0.25, 0.3) is 0 Å². The van der Waals surface area contributed by atoms with E-state index in [-0.39, 0.29) is 0 Å². The van der Waals surface area contributed by atoms with Crippen molar-refractivity contribution in [3.8, 4) is 0 Å². The molecule has 1 N–H and O–H groups in total. The summed E-state index contributed by atoms with van der Waals surface area (Å²) < 4.78 is 11.2.